The van der Waals surface area contributed by atoms with Gasteiger partial charge in [-0.2, -0.15) is 0 Å². The minimum absolute atomic E-state index is 0.127. The Morgan fingerprint density at radius 2 is 1.90 bits per heavy atom. The molecule has 0 saturated heterocycles. The Labute approximate surface area is 130 Å². The number of carbonyl (C=O) groups excluding carboxylic acids is 1. The van der Waals surface area contributed by atoms with Gasteiger partial charge in [-0.25, -0.2) is 0 Å². The van der Waals surface area contributed by atoms with Gasteiger partial charge in [-0.1, -0.05) is 39.0 Å². The number of carbonyl (C=O) groups is 1. The molecule has 0 amide bonds. The van der Waals surface area contributed by atoms with E-state index in [2.05, 4.69) is 12.2 Å². The average Bonchev–Trinajstić information content (AvgIpc) is 2.91. The molecule has 4 heteroatoms. The van der Waals surface area contributed by atoms with Crippen LogP contribution in [0.25, 0.3) is 0 Å². The standard InChI is InChI=1S/C17H33NO3/c1-4-6-7-8-9-10-13-21-15-11-12-17(14-15,18-3)16(19)20-5-2/h15,18H,4-14H2,1-3H3. The second-order valence-corrected chi connectivity index (χ2v) is 6.06. The Morgan fingerprint density at radius 1 is 1.19 bits per heavy atom. The van der Waals surface area contributed by atoms with Gasteiger partial charge in [0.25, 0.3) is 0 Å². The Morgan fingerprint density at radius 3 is 2.57 bits per heavy atom. The largest absolute Gasteiger partial charge is 0.465 e. The zero-order valence-electron chi connectivity index (χ0n) is 14.1. The van der Waals surface area contributed by atoms with E-state index in [1.54, 1.807) is 0 Å². The molecule has 0 aromatic carbocycles. The summed E-state index contributed by atoms with van der Waals surface area (Å²) < 4.78 is 11.1. The summed E-state index contributed by atoms with van der Waals surface area (Å²) in [7, 11) is 1.84. The van der Waals surface area contributed by atoms with Crippen molar-refractivity contribution in [1.82, 2.24) is 5.32 Å². The van der Waals surface area contributed by atoms with E-state index in [0.29, 0.717) is 6.61 Å². The van der Waals surface area contributed by atoms with Crippen LogP contribution in [0.5, 0.6) is 0 Å². The summed E-state index contributed by atoms with van der Waals surface area (Å²) in [5, 5.41) is 3.16. The van der Waals surface area contributed by atoms with Crippen LogP contribution in [0.3, 0.4) is 0 Å². The minimum Gasteiger partial charge on any atom is -0.465 e. The van der Waals surface area contributed by atoms with Crippen molar-refractivity contribution in [3.8, 4) is 0 Å². The minimum atomic E-state index is -0.526. The van der Waals surface area contributed by atoms with E-state index in [1.807, 2.05) is 14.0 Å². The quantitative estimate of drug-likeness (QED) is 0.469. The van der Waals surface area contributed by atoms with Crippen molar-refractivity contribution >= 4 is 5.97 Å². The normalized spacial score (nSPS) is 25.2. The van der Waals surface area contributed by atoms with Crippen molar-refractivity contribution in [1.29, 1.82) is 0 Å². The monoisotopic (exact) mass is 299 g/mol. The molecule has 0 radical (unpaired) electrons. The third-order valence-electron chi connectivity index (χ3n) is 4.47. The Hall–Kier alpha value is -0.610. The summed E-state index contributed by atoms with van der Waals surface area (Å²) in [6.07, 6.45) is 10.3. The Balaban J connectivity index is 2.19. The van der Waals surface area contributed by atoms with E-state index >= 15 is 0 Å². The summed E-state index contributed by atoms with van der Waals surface area (Å²) in [5.41, 5.74) is -0.526. The van der Waals surface area contributed by atoms with Crippen molar-refractivity contribution in [3.63, 3.8) is 0 Å². The van der Waals surface area contributed by atoms with Crippen LogP contribution >= 0.6 is 0 Å². The molecule has 2 unspecified atom stereocenters. The topological polar surface area (TPSA) is 47.6 Å². The number of hydrogen-bond donors (Lipinski definition) is 1. The molecule has 1 aliphatic carbocycles. The molecule has 0 spiro atoms. The van der Waals surface area contributed by atoms with Crippen molar-refractivity contribution in [2.75, 3.05) is 20.3 Å². The van der Waals surface area contributed by atoms with Gasteiger partial charge in [-0.15, -0.1) is 0 Å². The van der Waals surface area contributed by atoms with Crippen LogP contribution < -0.4 is 5.32 Å². The van der Waals surface area contributed by atoms with E-state index in [9.17, 15) is 4.79 Å². The van der Waals surface area contributed by atoms with E-state index in [0.717, 1.165) is 32.3 Å². The van der Waals surface area contributed by atoms with E-state index in [1.165, 1.54) is 32.1 Å². The van der Waals surface area contributed by atoms with Crippen LogP contribution in [0, 0.1) is 0 Å². The highest BCUT2D eigenvalue weighted by molar-refractivity contribution is 5.81. The lowest BCUT2D eigenvalue weighted by Crippen LogP contribution is -2.49. The summed E-state index contributed by atoms with van der Waals surface area (Å²) >= 11 is 0. The molecule has 1 aliphatic rings. The Bertz CT molecular complexity index is 296. The lowest BCUT2D eigenvalue weighted by atomic mass is 9.98. The molecule has 0 aliphatic heterocycles. The molecule has 0 aromatic rings. The first-order chi connectivity index (χ1) is 10.2. The zero-order chi connectivity index (χ0) is 15.6. The first-order valence-electron chi connectivity index (χ1n) is 8.66. The number of esters is 1. The first-order valence-corrected chi connectivity index (χ1v) is 8.66. The maximum atomic E-state index is 12.1. The molecule has 0 aromatic heterocycles. The van der Waals surface area contributed by atoms with Gasteiger partial charge in [-0.3, -0.25) is 4.79 Å². The molecule has 1 fully saturated rings. The number of likely N-dealkylation sites (N-methyl/N-ethyl adjacent to an activating group) is 1. The van der Waals surface area contributed by atoms with Crippen LogP contribution in [0.4, 0.5) is 0 Å². The van der Waals surface area contributed by atoms with Gasteiger partial charge in [0.2, 0.25) is 0 Å². The maximum Gasteiger partial charge on any atom is 0.326 e. The maximum absolute atomic E-state index is 12.1. The lowest BCUT2D eigenvalue weighted by Gasteiger charge is -2.26. The number of unbranched alkanes of at least 4 members (excludes halogenated alkanes) is 5. The molecule has 0 bridgehead atoms. The fraction of sp³-hybridized carbons (Fsp3) is 0.941. The summed E-state index contributed by atoms with van der Waals surface area (Å²) in [6.45, 7) is 5.34. The van der Waals surface area contributed by atoms with Crippen LogP contribution in [-0.4, -0.2) is 37.9 Å². The number of nitrogens with one attached hydrogen (secondary N) is 1. The van der Waals surface area contributed by atoms with Gasteiger partial charge in [0.05, 0.1) is 12.7 Å². The first kappa shape index (κ1) is 18.4. The molecule has 4 nitrogen and oxygen atoms in total. The van der Waals surface area contributed by atoms with Crippen molar-refractivity contribution in [2.45, 2.75) is 83.3 Å². The third-order valence-corrected chi connectivity index (χ3v) is 4.47. The number of rotatable bonds is 11. The summed E-state index contributed by atoms with van der Waals surface area (Å²) in [6, 6.07) is 0. The average molecular weight is 299 g/mol. The van der Waals surface area contributed by atoms with Gasteiger partial charge in [-0.05, 0) is 33.2 Å². The molecular weight excluding hydrogens is 266 g/mol. The van der Waals surface area contributed by atoms with E-state index in [4.69, 9.17) is 9.47 Å². The lowest BCUT2D eigenvalue weighted by molar-refractivity contribution is -0.151. The van der Waals surface area contributed by atoms with Crippen LogP contribution in [-0.2, 0) is 14.3 Å². The smallest absolute Gasteiger partial charge is 0.326 e. The summed E-state index contributed by atoms with van der Waals surface area (Å²) in [4.78, 5) is 12.1. The second-order valence-electron chi connectivity index (χ2n) is 6.06. The van der Waals surface area contributed by atoms with Crippen molar-refractivity contribution in [2.24, 2.45) is 0 Å². The molecule has 1 rings (SSSR count). The highest BCUT2D eigenvalue weighted by Gasteiger charge is 2.45. The fourth-order valence-electron chi connectivity index (χ4n) is 3.06. The number of hydrogen-bond acceptors (Lipinski definition) is 4. The van der Waals surface area contributed by atoms with E-state index < -0.39 is 5.54 Å². The zero-order valence-corrected chi connectivity index (χ0v) is 14.1. The molecule has 1 N–H and O–H groups in total. The molecule has 124 valence electrons. The van der Waals surface area contributed by atoms with Gasteiger partial charge in [0, 0.05) is 13.0 Å². The molecule has 0 heterocycles. The third kappa shape index (κ3) is 5.95. The van der Waals surface area contributed by atoms with Gasteiger partial charge in [0.15, 0.2) is 0 Å². The van der Waals surface area contributed by atoms with Gasteiger partial charge < -0.3 is 14.8 Å². The SMILES string of the molecule is CCCCCCCCOC1CCC(NC)(C(=O)OCC)C1. The second kappa shape index (κ2) is 10.2. The Kier molecular flexibility index (Phi) is 8.93. The van der Waals surface area contributed by atoms with Crippen LogP contribution in [0.15, 0.2) is 0 Å². The van der Waals surface area contributed by atoms with E-state index in [-0.39, 0.29) is 12.1 Å². The highest BCUT2D eigenvalue weighted by Crippen LogP contribution is 2.33. The molecule has 1 saturated carbocycles. The van der Waals surface area contributed by atoms with Gasteiger partial charge >= 0.3 is 5.97 Å². The fourth-order valence-corrected chi connectivity index (χ4v) is 3.06. The van der Waals surface area contributed by atoms with Gasteiger partial charge in [0.1, 0.15) is 5.54 Å². The predicted octanol–water partition coefficient (Wildman–Crippen LogP) is 3.44. The van der Waals surface area contributed by atoms with Crippen LogP contribution in [0.2, 0.25) is 0 Å². The highest BCUT2D eigenvalue weighted by atomic mass is 16.5. The molecule has 21 heavy (non-hydrogen) atoms. The summed E-state index contributed by atoms with van der Waals surface area (Å²) in [5.74, 6) is -0.127. The van der Waals surface area contributed by atoms with Crippen molar-refractivity contribution < 1.29 is 14.3 Å². The predicted molar refractivity (Wildman–Crippen MR) is 85.4 cm³/mol. The van der Waals surface area contributed by atoms with Crippen molar-refractivity contribution in [3.05, 3.63) is 0 Å². The molecule has 2 atom stereocenters. The number of ether oxygens (including phenoxy) is 2. The van der Waals surface area contributed by atoms with Crippen LogP contribution in [0.1, 0.15) is 71.6 Å². The molecular formula is C17H33NO3.